The Morgan fingerprint density at radius 1 is 0.765 bits per heavy atom. The zero-order chi connectivity index (χ0) is 24.7. The van der Waals surface area contributed by atoms with Crippen molar-refractivity contribution in [3.8, 4) is 0 Å². The average Bonchev–Trinajstić information content (AvgIpc) is 2.83. The van der Waals surface area contributed by atoms with Crippen LogP contribution in [0.5, 0.6) is 0 Å². The van der Waals surface area contributed by atoms with Crippen LogP contribution in [0.4, 0.5) is 0 Å². The highest BCUT2D eigenvalue weighted by molar-refractivity contribution is 7.95. The van der Waals surface area contributed by atoms with Gasteiger partial charge in [0.2, 0.25) is 0 Å². The molecule has 0 amide bonds. The van der Waals surface area contributed by atoms with Gasteiger partial charge in [0.25, 0.3) is 0 Å². The summed E-state index contributed by atoms with van der Waals surface area (Å²) in [5.74, 6) is 0. The number of benzene rings is 3. The quantitative estimate of drug-likeness (QED) is 0.161. The van der Waals surface area contributed by atoms with Crippen LogP contribution in [0.15, 0.2) is 103 Å². The highest BCUT2D eigenvalue weighted by Gasteiger charge is 2.44. The summed E-state index contributed by atoms with van der Waals surface area (Å²) in [6.07, 6.45) is 5.75. The monoisotopic (exact) mass is 489 g/mol. The summed E-state index contributed by atoms with van der Waals surface area (Å²) in [7, 11) is -3.44. The fourth-order valence-electron chi connectivity index (χ4n) is 4.19. The molecule has 0 aliphatic carbocycles. The molecule has 180 valence electrons. The summed E-state index contributed by atoms with van der Waals surface area (Å²) >= 11 is 0. The van der Waals surface area contributed by atoms with Crippen LogP contribution in [0.2, 0.25) is 18.1 Å². The van der Waals surface area contributed by atoms with Gasteiger partial charge in [-0.3, -0.25) is 0 Å². The second-order valence-electron chi connectivity index (χ2n) is 10.8. The smallest absolute Gasteiger partial charge is 0.192 e. The largest absolute Gasteiger partial charge is 0.413 e. The van der Waals surface area contributed by atoms with Crippen LogP contribution in [-0.4, -0.2) is 21.1 Å². The Hall–Kier alpha value is -1.99. The van der Waals surface area contributed by atoms with E-state index >= 15 is 0 Å². The molecule has 0 fully saturated rings. The van der Waals surface area contributed by atoms with Gasteiger partial charge in [-0.25, -0.2) is 0 Å². The molecule has 0 unspecified atom stereocenters. The molecule has 0 radical (unpaired) electrons. The topological polar surface area (TPSA) is 9.23 Å². The Bertz CT molecular complexity index is 940. The summed E-state index contributed by atoms with van der Waals surface area (Å²) in [4.78, 5) is 0. The third kappa shape index (κ3) is 6.36. The van der Waals surface area contributed by atoms with Gasteiger partial charge in [0.15, 0.2) is 8.32 Å². The molecule has 0 saturated carbocycles. The van der Waals surface area contributed by atoms with Crippen LogP contribution in [0.25, 0.3) is 0 Å². The molecule has 0 saturated heterocycles. The van der Waals surface area contributed by atoms with Crippen LogP contribution in [0.3, 0.4) is 0 Å². The molecular weight excluding hydrogens is 447 g/mol. The molecule has 0 bridgehead atoms. The minimum absolute atomic E-state index is 0.250. The average molecular weight is 490 g/mol. The molecule has 3 aromatic carbocycles. The van der Waals surface area contributed by atoms with Crippen LogP contribution < -0.4 is 15.9 Å². The van der Waals surface area contributed by atoms with Crippen LogP contribution in [0.1, 0.15) is 40.5 Å². The molecule has 0 aliphatic rings. The molecule has 0 aromatic heterocycles. The molecule has 1 nitrogen and oxygen atoms in total. The number of rotatable bonds is 10. The minimum atomic E-state index is -1.74. The lowest BCUT2D eigenvalue weighted by molar-refractivity contribution is 0.327. The van der Waals surface area contributed by atoms with E-state index in [-0.39, 0.29) is 5.04 Å². The van der Waals surface area contributed by atoms with Crippen molar-refractivity contribution in [2.45, 2.75) is 58.7 Å². The fourth-order valence-corrected chi connectivity index (χ4v) is 9.47. The maximum Gasteiger partial charge on any atom is 0.192 e. The Morgan fingerprint density at radius 3 is 1.56 bits per heavy atom. The second kappa shape index (κ2) is 11.6. The standard InChI is InChI=1S/C31H42OPSi/c1-27(24-25-32-34(5,6)31(2,3)4)17-16-26-33(28-18-10-7-11-19-28,29-20-12-8-13-21-29)30-22-14-9-15-23-30/h7-15,18-24H,16-17,25-26H2,1-6H3/q+1/b27-24+. The van der Waals surface area contributed by atoms with Crippen molar-refractivity contribution in [2.24, 2.45) is 0 Å². The summed E-state index contributed by atoms with van der Waals surface area (Å²) in [6, 6.07) is 33.6. The highest BCUT2D eigenvalue weighted by atomic mass is 31.2. The second-order valence-corrected chi connectivity index (χ2v) is 19.2. The van der Waals surface area contributed by atoms with E-state index in [1.165, 1.54) is 27.6 Å². The van der Waals surface area contributed by atoms with E-state index in [0.29, 0.717) is 0 Å². The summed E-state index contributed by atoms with van der Waals surface area (Å²) in [6.45, 7) is 14.6. The predicted molar refractivity (Wildman–Crippen MR) is 156 cm³/mol. The van der Waals surface area contributed by atoms with E-state index in [1.807, 2.05) is 0 Å². The molecule has 0 aliphatic heterocycles. The van der Waals surface area contributed by atoms with E-state index in [4.69, 9.17) is 4.43 Å². The van der Waals surface area contributed by atoms with Crippen LogP contribution >= 0.6 is 7.26 Å². The van der Waals surface area contributed by atoms with Gasteiger partial charge in [-0.15, -0.1) is 0 Å². The number of hydrogen-bond donors (Lipinski definition) is 0. The first kappa shape index (κ1) is 26.6. The van der Waals surface area contributed by atoms with Crippen molar-refractivity contribution < 1.29 is 4.43 Å². The van der Waals surface area contributed by atoms with Gasteiger partial charge in [0.05, 0.1) is 12.8 Å². The Balaban J connectivity index is 1.84. The van der Waals surface area contributed by atoms with E-state index < -0.39 is 15.6 Å². The molecule has 3 aromatic rings. The van der Waals surface area contributed by atoms with Gasteiger partial charge >= 0.3 is 0 Å². The summed E-state index contributed by atoms with van der Waals surface area (Å²) in [5, 5.41) is 4.65. The van der Waals surface area contributed by atoms with Crippen molar-refractivity contribution in [1.29, 1.82) is 0 Å². The highest BCUT2D eigenvalue weighted by Crippen LogP contribution is 2.56. The van der Waals surface area contributed by atoms with Gasteiger partial charge in [-0.05, 0) is 74.3 Å². The zero-order valence-corrected chi connectivity index (χ0v) is 23.8. The lowest BCUT2D eigenvalue weighted by Gasteiger charge is -2.35. The third-order valence-electron chi connectivity index (χ3n) is 7.34. The van der Waals surface area contributed by atoms with Gasteiger partial charge in [-0.2, -0.15) is 0 Å². The van der Waals surface area contributed by atoms with Crippen molar-refractivity contribution in [3.63, 3.8) is 0 Å². The molecule has 0 heterocycles. The molecule has 34 heavy (non-hydrogen) atoms. The minimum Gasteiger partial charge on any atom is -0.413 e. The molecule has 0 atom stereocenters. The lowest BCUT2D eigenvalue weighted by atomic mass is 10.2. The van der Waals surface area contributed by atoms with Gasteiger partial charge in [-0.1, -0.05) is 87.0 Å². The lowest BCUT2D eigenvalue weighted by Crippen LogP contribution is -2.40. The van der Waals surface area contributed by atoms with E-state index in [9.17, 15) is 0 Å². The van der Waals surface area contributed by atoms with Crippen molar-refractivity contribution in [2.75, 3.05) is 12.8 Å². The van der Waals surface area contributed by atoms with Gasteiger partial charge in [0, 0.05) is 0 Å². The number of hydrogen-bond acceptors (Lipinski definition) is 1. The molecule has 3 heteroatoms. The molecular formula is C31H42OPSi+. The normalized spacial score (nSPS) is 13.2. The Morgan fingerprint density at radius 2 is 1.18 bits per heavy atom. The van der Waals surface area contributed by atoms with Crippen molar-refractivity contribution >= 4 is 31.5 Å². The van der Waals surface area contributed by atoms with E-state index in [2.05, 4.69) is 138 Å². The van der Waals surface area contributed by atoms with Crippen molar-refractivity contribution in [1.82, 2.24) is 0 Å². The maximum atomic E-state index is 6.39. The summed E-state index contributed by atoms with van der Waals surface area (Å²) < 4.78 is 6.39. The van der Waals surface area contributed by atoms with E-state index in [0.717, 1.165) is 19.4 Å². The summed E-state index contributed by atoms with van der Waals surface area (Å²) in [5.41, 5.74) is 1.44. The predicted octanol–water partition coefficient (Wildman–Crippen LogP) is 7.73. The Labute approximate surface area is 209 Å². The van der Waals surface area contributed by atoms with Gasteiger partial charge in [0.1, 0.15) is 23.2 Å². The van der Waals surface area contributed by atoms with Crippen LogP contribution in [-0.2, 0) is 4.43 Å². The van der Waals surface area contributed by atoms with Gasteiger partial charge < -0.3 is 4.43 Å². The van der Waals surface area contributed by atoms with Crippen LogP contribution in [0, 0.1) is 0 Å². The molecule has 0 spiro atoms. The fraction of sp³-hybridized carbons (Fsp3) is 0.355. The number of allylic oxidation sites excluding steroid dienone is 1. The zero-order valence-electron chi connectivity index (χ0n) is 21.9. The SMILES string of the molecule is C/C(=C\CO[Si](C)(C)C(C)(C)C)CCC[P+](c1ccccc1)(c1ccccc1)c1ccccc1. The Kier molecular flexibility index (Phi) is 9.10. The molecule has 0 N–H and O–H groups in total. The first-order chi connectivity index (χ1) is 16.2. The first-order valence-electron chi connectivity index (χ1n) is 12.5. The maximum absolute atomic E-state index is 6.39. The third-order valence-corrected chi connectivity index (χ3v) is 16.4. The van der Waals surface area contributed by atoms with E-state index in [1.54, 1.807) is 0 Å². The molecule has 3 rings (SSSR count). The van der Waals surface area contributed by atoms with Crippen molar-refractivity contribution in [3.05, 3.63) is 103 Å². The first-order valence-corrected chi connectivity index (χ1v) is 17.4.